The van der Waals surface area contributed by atoms with E-state index in [1.54, 1.807) is 0 Å². The van der Waals surface area contributed by atoms with Gasteiger partial charge in [-0.2, -0.15) is 0 Å². The predicted molar refractivity (Wildman–Crippen MR) is 82.9 cm³/mol. The van der Waals surface area contributed by atoms with Gasteiger partial charge in [0.1, 0.15) is 26.4 Å². The summed E-state index contributed by atoms with van der Waals surface area (Å²) in [5.74, 6) is -1.82. The first-order valence-corrected chi connectivity index (χ1v) is 8.12. The van der Waals surface area contributed by atoms with Gasteiger partial charge in [-0.05, 0) is 12.8 Å². The van der Waals surface area contributed by atoms with Crippen molar-refractivity contribution < 1.29 is 38.1 Å². The monoisotopic (exact) mass is 346 g/mol. The summed E-state index contributed by atoms with van der Waals surface area (Å²) in [6.07, 6.45) is 1.78. The summed E-state index contributed by atoms with van der Waals surface area (Å²) >= 11 is 0. The third-order valence-corrected chi connectivity index (χ3v) is 2.66. The van der Waals surface area contributed by atoms with Gasteiger partial charge in [0, 0.05) is 12.8 Å². The van der Waals surface area contributed by atoms with Gasteiger partial charge in [-0.3, -0.25) is 19.2 Å². The average Bonchev–Trinajstić information content (AvgIpc) is 2.54. The largest absolute Gasteiger partial charge is 0.462 e. The van der Waals surface area contributed by atoms with Crippen LogP contribution in [-0.4, -0.2) is 50.3 Å². The van der Waals surface area contributed by atoms with Gasteiger partial charge >= 0.3 is 23.9 Å². The number of esters is 4. The summed E-state index contributed by atoms with van der Waals surface area (Å²) in [5, 5.41) is 0. The fourth-order valence-electron chi connectivity index (χ4n) is 1.52. The second-order valence-electron chi connectivity index (χ2n) is 4.88. The Labute approximate surface area is 141 Å². The molecule has 0 bridgehead atoms. The molecule has 0 saturated heterocycles. The van der Waals surface area contributed by atoms with Gasteiger partial charge in [-0.1, -0.05) is 13.8 Å². The highest BCUT2D eigenvalue weighted by Gasteiger charge is 2.10. The van der Waals surface area contributed by atoms with Crippen LogP contribution in [0.2, 0.25) is 0 Å². The van der Waals surface area contributed by atoms with Crippen molar-refractivity contribution in [1.29, 1.82) is 0 Å². The van der Waals surface area contributed by atoms with Crippen LogP contribution in [-0.2, 0) is 38.1 Å². The Hall–Kier alpha value is -2.12. The molecular formula is C16H26O8. The van der Waals surface area contributed by atoms with Gasteiger partial charge in [0.25, 0.3) is 0 Å². The molecule has 0 fully saturated rings. The van der Waals surface area contributed by atoms with Crippen LogP contribution < -0.4 is 0 Å². The van der Waals surface area contributed by atoms with E-state index in [0.29, 0.717) is 25.7 Å². The molecule has 0 N–H and O–H groups in total. The smallest absolute Gasteiger partial charge is 0.306 e. The number of hydrogen-bond acceptors (Lipinski definition) is 8. The molecule has 0 atom stereocenters. The Balaban J connectivity index is 3.56. The van der Waals surface area contributed by atoms with Crippen molar-refractivity contribution in [1.82, 2.24) is 0 Å². The normalized spacial score (nSPS) is 9.92. The van der Waals surface area contributed by atoms with E-state index in [-0.39, 0.29) is 51.2 Å². The fourth-order valence-corrected chi connectivity index (χ4v) is 1.52. The molecule has 8 heteroatoms. The van der Waals surface area contributed by atoms with Crippen LogP contribution in [0.25, 0.3) is 0 Å². The minimum Gasteiger partial charge on any atom is -0.462 e. The second-order valence-corrected chi connectivity index (χ2v) is 4.88. The van der Waals surface area contributed by atoms with Crippen molar-refractivity contribution in [2.45, 2.75) is 52.4 Å². The molecule has 0 aromatic heterocycles. The first kappa shape index (κ1) is 21.9. The molecule has 0 radical (unpaired) electrons. The first-order valence-electron chi connectivity index (χ1n) is 8.12. The van der Waals surface area contributed by atoms with E-state index in [0.717, 1.165) is 0 Å². The molecule has 0 saturated carbocycles. The highest BCUT2D eigenvalue weighted by atomic mass is 16.6. The Morgan fingerprint density at radius 2 is 0.750 bits per heavy atom. The Bertz CT molecular complexity index is 367. The average molecular weight is 346 g/mol. The predicted octanol–water partition coefficient (Wildman–Crippen LogP) is 1.54. The third-order valence-electron chi connectivity index (χ3n) is 2.66. The van der Waals surface area contributed by atoms with E-state index in [1.165, 1.54) is 0 Å². The van der Waals surface area contributed by atoms with Crippen molar-refractivity contribution in [3.05, 3.63) is 0 Å². The van der Waals surface area contributed by atoms with Gasteiger partial charge in [0.15, 0.2) is 0 Å². The highest BCUT2D eigenvalue weighted by molar-refractivity contribution is 5.77. The lowest BCUT2D eigenvalue weighted by Gasteiger charge is -2.07. The van der Waals surface area contributed by atoms with Crippen LogP contribution in [0.3, 0.4) is 0 Å². The summed E-state index contributed by atoms with van der Waals surface area (Å²) < 4.78 is 19.2. The molecule has 0 amide bonds. The fraction of sp³-hybridized carbons (Fsp3) is 0.750. The number of hydrogen-bond donors (Lipinski definition) is 0. The summed E-state index contributed by atoms with van der Waals surface area (Å²) in [4.78, 5) is 44.8. The van der Waals surface area contributed by atoms with Crippen molar-refractivity contribution >= 4 is 23.9 Å². The van der Waals surface area contributed by atoms with Crippen LogP contribution in [0.15, 0.2) is 0 Å². The maximum Gasteiger partial charge on any atom is 0.306 e. The molecule has 0 aliphatic carbocycles. The van der Waals surface area contributed by atoms with Crippen LogP contribution in [0.1, 0.15) is 52.4 Å². The van der Waals surface area contributed by atoms with Gasteiger partial charge in [0.2, 0.25) is 0 Å². The summed E-state index contributed by atoms with van der Waals surface area (Å²) in [5.41, 5.74) is 0. The lowest BCUT2D eigenvalue weighted by molar-refractivity contribution is -0.155. The zero-order valence-electron chi connectivity index (χ0n) is 14.3. The van der Waals surface area contributed by atoms with Crippen molar-refractivity contribution in [2.24, 2.45) is 0 Å². The quantitative estimate of drug-likeness (QED) is 0.281. The molecule has 8 nitrogen and oxygen atoms in total. The summed E-state index contributed by atoms with van der Waals surface area (Å²) in [7, 11) is 0. The number of ether oxygens (including phenoxy) is 4. The Morgan fingerprint density at radius 1 is 0.500 bits per heavy atom. The molecule has 0 aliphatic heterocycles. The van der Waals surface area contributed by atoms with Crippen molar-refractivity contribution in [2.75, 3.05) is 26.4 Å². The molecule has 0 unspecified atom stereocenters. The van der Waals surface area contributed by atoms with Crippen molar-refractivity contribution in [3.63, 3.8) is 0 Å². The van der Waals surface area contributed by atoms with Gasteiger partial charge in [0.05, 0.1) is 12.8 Å². The molecule has 0 aromatic rings. The van der Waals surface area contributed by atoms with E-state index < -0.39 is 11.9 Å². The maximum absolute atomic E-state index is 11.4. The zero-order valence-corrected chi connectivity index (χ0v) is 14.3. The van der Waals surface area contributed by atoms with Crippen LogP contribution in [0.4, 0.5) is 0 Å². The Kier molecular flexibility index (Phi) is 13.2. The van der Waals surface area contributed by atoms with Gasteiger partial charge in [-0.15, -0.1) is 0 Å². The Morgan fingerprint density at radius 3 is 1.00 bits per heavy atom. The molecule has 0 aliphatic rings. The summed E-state index contributed by atoms with van der Waals surface area (Å²) in [6, 6.07) is 0. The van der Waals surface area contributed by atoms with E-state index in [1.807, 2.05) is 13.8 Å². The first-order chi connectivity index (χ1) is 11.5. The number of carbonyl (C=O) groups is 4. The molecule has 0 rings (SSSR count). The van der Waals surface area contributed by atoms with E-state index in [9.17, 15) is 19.2 Å². The van der Waals surface area contributed by atoms with Gasteiger partial charge < -0.3 is 18.9 Å². The molecule has 138 valence electrons. The lowest BCUT2D eigenvalue weighted by atomic mass is 10.3. The zero-order chi connectivity index (χ0) is 18.2. The molecular weight excluding hydrogens is 320 g/mol. The lowest BCUT2D eigenvalue weighted by Crippen LogP contribution is -2.16. The minimum absolute atomic E-state index is 0.00184. The van der Waals surface area contributed by atoms with Crippen LogP contribution >= 0.6 is 0 Å². The third kappa shape index (κ3) is 13.5. The molecule has 0 spiro atoms. The molecule has 0 aromatic carbocycles. The highest BCUT2D eigenvalue weighted by Crippen LogP contribution is 1.98. The van der Waals surface area contributed by atoms with Gasteiger partial charge in [-0.25, -0.2) is 0 Å². The minimum atomic E-state index is -0.576. The maximum atomic E-state index is 11.4. The van der Waals surface area contributed by atoms with E-state index in [4.69, 9.17) is 18.9 Å². The van der Waals surface area contributed by atoms with Crippen LogP contribution in [0.5, 0.6) is 0 Å². The SMILES string of the molecule is CCCC(=O)OCCOC(=O)CCC(=O)OCCOC(=O)CCC. The topological polar surface area (TPSA) is 105 Å². The van der Waals surface area contributed by atoms with E-state index in [2.05, 4.69) is 0 Å². The van der Waals surface area contributed by atoms with Crippen molar-refractivity contribution in [3.8, 4) is 0 Å². The second kappa shape index (κ2) is 14.5. The standard InChI is InChI=1S/C16H26O8/c1-3-5-13(17)21-9-11-23-15(19)7-8-16(20)24-12-10-22-14(18)6-4-2/h3-12H2,1-2H3. The molecule has 24 heavy (non-hydrogen) atoms. The van der Waals surface area contributed by atoms with E-state index >= 15 is 0 Å². The molecule has 0 heterocycles. The van der Waals surface area contributed by atoms with Crippen LogP contribution in [0, 0.1) is 0 Å². The summed E-state index contributed by atoms with van der Waals surface area (Å²) in [6.45, 7) is 3.62. The number of carbonyl (C=O) groups excluding carboxylic acids is 4. The number of rotatable bonds is 13.